The zero-order valence-corrected chi connectivity index (χ0v) is 12.7. The topological polar surface area (TPSA) is 50.5 Å². The summed E-state index contributed by atoms with van der Waals surface area (Å²) in [6.07, 6.45) is 1.34. The number of carbonyl (C=O) groups is 1. The summed E-state index contributed by atoms with van der Waals surface area (Å²) in [6.45, 7) is 2.66. The Labute approximate surface area is 133 Å². The van der Waals surface area contributed by atoms with Gasteiger partial charge in [-0.3, -0.25) is 4.79 Å². The van der Waals surface area contributed by atoms with Crippen LogP contribution in [0, 0.1) is 5.21 Å². The van der Waals surface area contributed by atoms with Crippen molar-refractivity contribution in [2.75, 3.05) is 31.1 Å². The zero-order valence-electron chi connectivity index (χ0n) is 12.0. The minimum Gasteiger partial charge on any atom is -0.618 e. The molecular weight excluding hydrogens is 302 g/mol. The molecule has 22 heavy (non-hydrogen) atoms. The second kappa shape index (κ2) is 6.23. The molecule has 6 heteroatoms. The summed E-state index contributed by atoms with van der Waals surface area (Å²) in [6, 6.07) is 12.5. The lowest BCUT2D eigenvalue weighted by Gasteiger charge is -2.35. The molecule has 1 aliphatic heterocycles. The average Bonchev–Trinajstić information content (AvgIpc) is 2.56. The normalized spacial score (nSPS) is 15.0. The van der Waals surface area contributed by atoms with Crippen molar-refractivity contribution in [3.8, 4) is 0 Å². The van der Waals surface area contributed by atoms with Crippen LogP contribution in [-0.4, -0.2) is 37.0 Å². The second-order valence-electron chi connectivity index (χ2n) is 5.17. The fraction of sp³-hybridized carbons (Fsp3) is 0.250. The summed E-state index contributed by atoms with van der Waals surface area (Å²) in [7, 11) is 0. The largest absolute Gasteiger partial charge is 0.618 e. The molecule has 1 fully saturated rings. The van der Waals surface area contributed by atoms with Crippen molar-refractivity contribution in [2.24, 2.45) is 0 Å². The number of piperazine rings is 1. The van der Waals surface area contributed by atoms with Crippen molar-refractivity contribution >= 4 is 23.2 Å². The zero-order chi connectivity index (χ0) is 15.5. The summed E-state index contributed by atoms with van der Waals surface area (Å²) in [5, 5.41) is 12.4. The lowest BCUT2D eigenvalue weighted by Crippen LogP contribution is -2.51. The van der Waals surface area contributed by atoms with Gasteiger partial charge in [0.1, 0.15) is 0 Å². The average molecular weight is 318 g/mol. The van der Waals surface area contributed by atoms with Gasteiger partial charge in [-0.1, -0.05) is 11.6 Å². The van der Waals surface area contributed by atoms with Gasteiger partial charge in [0.2, 0.25) is 0 Å². The van der Waals surface area contributed by atoms with Crippen LogP contribution in [0.25, 0.3) is 0 Å². The minimum absolute atomic E-state index is 0.169. The third-order valence-electron chi connectivity index (χ3n) is 3.80. The monoisotopic (exact) mass is 317 g/mol. The summed E-state index contributed by atoms with van der Waals surface area (Å²) in [4.78, 5) is 16.3. The van der Waals surface area contributed by atoms with E-state index < -0.39 is 0 Å². The van der Waals surface area contributed by atoms with E-state index >= 15 is 0 Å². The van der Waals surface area contributed by atoms with Crippen molar-refractivity contribution in [3.05, 3.63) is 64.6 Å². The van der Waals surface area contributed by atoms with E-state index in [0.29, 0.717) is 22.8 Å². The van der Waals surface area contributed by atoms with Crippen LogP contribution in [0.4, 0.5) is 5.69 Å². The summed E-state index contributed by atoms with van der Waals surface area (Å²) in [5.74, 6) is -0.216. The van der Waals surface area contributed by atoms with Gasteiger partial charge < -0.3 is 15.0 Å². The lowest BCUT2D eigenvalue weighted by atomic mass is 10.2. The van der Waals surface area contributed by atoms with Crippen LogP contribution in [0.1, 0.15) is 10.5 Å². The predicted molar refractivity (Wildman–Crippen MR) is 85.0 cm³/mol. The highest BCUT2D eigenvalue weighted by Crippen LogP contribution is 2.19. The number of rotatable bonds is 2. The highest BCUT2D eigenvalue weighted by molar-refractivity contribution is 6.30. The van der Waals surface area contributed by atoms with Crippen molar-refractivity contribution in [1.29, 1.82) is 0 Å². The first-order valence-electron chi connectivity index (χ1n) is 7.13. The number of carbonyl (C=O) groups excluding carboxylic acids is 1. The molecule has 0 aliphatic carbocycles. The van der Waals surface area contributed by atoms with Gasteiger partial charge in [-0.05, 0) is 30.3 Å². The molecule has 1 aromatic heterocycles. The number of anilines is 1. The number of aromatic nitrogens is 1. The van der Waals surface area contributed by atoms with Crippen molar-refractivity contribution in [1.82, 2.24) is 4.90 Å². The standard InChI is InChI=1S/C16H16ClN3O2/c17-13-4-6-14(7-5-13)18-9-11-19(12-10-18)16(21)15-3-1-2-8-20(15)22/h1-8H,9-12H2. The molecule has 1 aliphatic rings. The molecule has 3 rings (SSSR count). The number of hydrogen-bond donors (Lipinski definition) is 0. The number of halogens is 1. The fourth-order valence-electron chi connectivity index (χ4n) is 2.58. The van der Waals surface area contributed by atoms with Gasteiger partial charge in [0, 0.05) is 49.0 Å². The van der Waals surface area contributed by atoms with E-state index in [9.17, 15) is 10.0 Å². The second-order valence-corrected chi connectivity index (χ2v) is 5.60. The molecule has 0 atom stereocenters. The molecule has 2 aromatic rings. The Kier molecular flexibility index (Phi) is 4.15. The number of amides is 1. The van der Waals surface area contributed by atoms with E-state index in [2.05, 4.69) is 4.90 Å². The van der Waals surface area contributed by atoms with Gasteiger partial charge in [0.05, 0.1) is 0 Å². The van der Waals surface area contributed by atoms with Crippen LogP contribution >= 0.6 is 11.6 Å². The van der Waals surface area contributed by atoms with Crippen LogP contribution in [0.3, 0.4) is 0 Å². The van der Waals surface area contributed by atoms with E-state index in [1.54, 1.807) is 23.1 Å². The van der Waals surface area contributed by atoms with Crippen LogP contribution in [0.2, 0.25) is 5.02 Å². The smallest absolute Gasteiger partial charge is 0.320 e. The lowest BCUT2D eigenvalue weighted by molar-refractivity contribution is -0.608. The molecule has 0 bridgehead atoms. The van der Waals surface area contributed by atoms with Gasteiger partial charge >= 0.3 is 5.91 Å². The number of nitrogens with zero attached hydrogens (tertiary/aromatic N) is 3. The summed E-state index contributed by atoms with van der Waals surface area (Å²) < 4.78 is 0.619. The van der Waals surface area contributed by atoms with E-state index in [1.807, 2.05) is 24.3 Å². The quantitative estimate of drug-likeness (QED) is 0.628. The molecule has 114 valence electrons. The van der Waals surface area contributed by atoms with Gasteiger partial charge in [-0.15, -0.1) is 0 Å². The molecule has 0 radical (unpaired) electrons. The Morgan fingerprint density at radius 3 is 2.36 bits per heavy atom. The molecule has 0 N–H and O–H groups in total. The highest BCUT2D eigenvalue weighted by Gasteiger charge is 2.26. The Bertz CT molecular complexity index is 667. The highest BCUT2D eigenvalue weighted by atomic mass is 35.5. The number of pyridine rings is 1. The maximum Gasteiger partial charge on any atom is 0.320 e. The maximum atomic E-state index is 12.4. The Hall–Kier alpha value is -2.27. The third-order valence-corrected chi connectivity index (χ3v) is 4.05. The number of hydrogen-bond acceptors (Lipinski definition) is 3. The first kappa shape index (κ1) is 14.7. The minimum atomic E-state index is -0.216. The van der Waals surface area contributed by atoms with E-state index in [-0.39, 0.29) is 11.6 Å². The van der Waals surface area contributed by atoms with Crippen molar-refractivity contribution in [2.45, 2.75) is 0 Å². The van der Waals surface area contributed by atoms with Gasteiger partial charge in [-0.25, -0.2) is 0 Å². The molecule has 0 saturated carbocycles. The molecule has 2 heterocycles. The summed E-state index contributed by atoms with van der Waals surface area (Å²) >= 11 is 5.89. The molecule has 1 amide bonds. The first-order chi connectivity index (χ1) is 10.6. The van der Waals surface area contributed by atoms with Crippen LogP contribution in [0.15, 0.2) is 48.7 Å². The Morgan fingerprint density at radius 2 is 1.73 bits per heavy atom. The Balaban J connectivity index is 1.65. The molecule has 0 unspecified atom stereocenters. The summed E-state index contributed by atoms with van der Waals surface area (Å²) in [5.41, 5.74) is 1.26. The van der Waals surface area contributed by atoms with Crippen molar-refractivity contribution in [3.63, 3.8) is 0 Å². The van der Waals surface area contributed by atoms with Crippen LogP contribution < -0.4 is 9.63 Å². The molecule has 1 saturated heterocycles. The maximum absolute atomic E-state index is 12.4. The van der Waals surface area contributed by atoms with Gasteiger partial charge in [0.25, 0.3) is 5.69 Å². The van der Waals surface area contributed by atoms with Gasteiger partial charge in [-0.2, -0.15) is 4.73 Å². The van der Waals surface area contributed by atoms with Crippen LogP contribution in [-0.2, 0) is 0 Å². The SMILES string of the molecule is O=C(c1cccc[n+]1[O-])N1CCN(c2ccc(Cl)cc2)CC1. The van der Waals surface area contributed by atoms with E-state index in [1.165, 1.54) is 6.20 Å². The van der Waals surface area contributed by atoms with Crippen LogP contribution in [0.5, 0.6) is 0 Å². The molecule has 5 nitrogen and oxygen atoms in total. The first-order valence-corrected chi connectivity index (χ1v) is 7.51. The third kappa shape index (κ3) is 2.99. The van der Waals surface area contributed by atoms with E-state index in [0.717, 1.165) is 18.8 Å². The molecule has 0 spiro atoms. The Morgan fingerprint density at radius 1 is 1.05 bits per heavy atom. The van der Waals surface area contributed by atoms with Gasteiger partial charge in [0.15, 0.2) is 6.20 Å². The predicted octanol–water partition coefficient (Wildman–Crippen LogP) is 1.94. The molecular formula is C16H16ClN3O2. The number of benzene rings is 1. The van der Waals surface area contributed by atoms with E-state index in [4.69, 9.17) is 11.6 Å². The fourth-order valence-corrected chi connectivity index (χ4v) is 2.70. The molecule has 1 aromatic carbocycles. The van der Waals surface area contributed by atoms with Crippen molar-refractivity contribution < 1.29 is 9.52 Å².